The highest BCUT2D eigenvalue weighted by atomic mass is 79.9. The van der Waals surface area contributed by atoms with Gasteiger partial charge in [-0.3, -0.25) is 4.79 Å². The number of pyridine rings is 1. The molecule has 7 heteroatoms. The topological polar surface area (TPSA) is 67.3 Å². The van der Waals surface area contributed by atoms with E-state index in [1.54, 1.807) is 30.2 Å². The Morgan fingerprint density at radius 2 is 2.28 bits per heavy atom. The van der Waals surface area contributed by atoms with Crippen molar-refractivity contribution in [1.29, 1.82) is 0 Å². The maximum Gasteiger partial charge on any atom is 0.273 e. The van der Waals surface area contributed by atoms with E-state index in [2.05, 4.69) is 20.9 Å². The van der Waals surface area contributed by atoms with Crippen LogP contribution < -0.4 is 0 Å². The molecule has 98 valence electrons. The van der Waals surface area contributed by atoms with Gasteiger partial charge in [-0.15, -0.1) is 0 Å². The number of aromatic nitrogens is 1. The van der Waals surface area contributed by atoms with Crippen molar-refractivity contribution < 1.29 is 13.2 Å². The predicted molar refractivity (Wildman–Crippen MR) is 71.1 cm³/mol. The summed E-state index contributed by atoms with van der Waals surface area (Å²) in [6, 6.07) is 3.15. The van der Waals surface area contributed by atoms with E-state index in [9.17, 15) is 13.2 Å². The third kappa shape index (κ3) is 2.72. The van der Waals surface area contributed by atoms with Gasteiger partial charge in [0, 0.05) is 23.3 Å². The summed E-state index contributed by atoms with van der Waals surface area (Å²) in [5, 5.41) is 0. The molecular formula is C11H13BrN2O3S. The maximum atomic E-state index is 12.3. The highest BCUT2D eigenvalue weighted by Crippen LogP contribution is 2.19. The standard InChI is InChI=1S/C11H13BrN2O3S/c1-8-7-18(16,17)6-5-14(8)11(15)10-9(12)3-2-4-13-10/h2-4,8H,5-7H2,1H3. The van der Waals surface area contributed by atoms with Crippen molar-refractivity contribution in [3.63, 3.8) is 0 Å². The van der Waals surface area contributed by atoms with Crippen molar-refractivity contribution in [3.8, 4) is 0 Å². The Kier molecular flexibility index (Phi) is 3.72. The van der Waals surface area contributed by atoms with Gasteiger partial charge in [-0.2, -0.15) is 0 Å². The first-order valence-corrected chi connectivity index (χ1v) is 8.14. The molecule has 18 heavy (non-hydrogen) atoms. The minimum atomic E-state index is -3.02. The molecule has 1 fully saturated rings. The normalized spacial score (nSPS) is 22.8. The van der Waals surface area contributed by atoms with Crippen LogP contribution in [0.25, 0.3) is 0 Å². The molecule has 0 bridgehead atoms. The zero-order chi connectivity index (χ0) is 13.3. The Balaban J connectivity index is 2.23. The first-order valence-electron chi connectivity index (χ1n) is 5.52. The fourth-order valence-electron chi connectivity index (χ4n) is 1.98. The van der Waals surface area contributed by atoms with Gasteiger partial charge < -0.3 is 4.90 Å². The lowest BCUT2D eigenvalue weighted by atomic mass is 10.2. The lowest BCUT2D eigenvalue weighted by Crippen LogP contribution is -2.50. The SMILES string of the molecule is CC1CS(=O)(=O)CCN1C(=O)c1ncccc1Br. The van der Waals surface area contributed by atoms with Gasteiger partial charge >= 0.3 is 0 Å². The summed E-state index contributed by atoms with van der Waals surface area (Å²) in [7, 11) is -3.02. The average Bonchev–Trinajstić information content (AvgIpc) is 2.27. The molecular weight excluding hydrogens is 320 g/mol. The van der Waals surface area contributed by atoms with Crippen molar-refractivity contribution in [3.05, 3.63) is 28.5 Å². The van der Waals surface area contributed by atoms with Crippen LogP contribution in [-0.4, -0.2) is 48.3 Å². The van der Waals surface area contributed by atoms with E-state index in [1.807, 2.05) is 0 Å². The Morgan fingerprint density at radius 3 is 2.89 bits per heavy atom. The van der Waals surface area contributed by atoms with E-state index in [4.69, 9.17) is 0 Å². The molecule has 1 aliphatic rings. The molecule has 2 heterocycles. The number of nitrogens with zero attached hydrogens (tertiary/aromatic N) is 2. The molecule has 1 amide bonds. The third-order valence-corrected chi connectivity index (χ3v) is 5.33. The van der Waals surface area contributed by atoms with Crippen LogP contribution in [0.2, 0.25) is 0 Å². The molecule has 1 aliphatic heterocycles. The number of sulfone groups is 1. The first kappa shape index (κ1) is 13.5. The van der Waals surface area contributed by atoms with Gasteiger partial charge in [0.25, 0.3) is 5.91 Å². The summed E-state index contributed by atoms with van der Waals surface area (Å²) < 4.78 is 23.6. The van der Waals surface area contributed by atoms with Gasteiger partial charge in [-0.1, -0.05) is 0 Å². The molecule has 1 aromatic rings. The van der Waals surface area contributed by atoms with Crippen molar-refractivity contribution in [2.24, 2.45) is 0 Å². The largest absolute Gasteiger partial charge is 0.333 e. The number of carbonyl (C=O) groups is 1. The van der Waals surface area contributed by atoms with Gasteiger partial charge in [0.15, 0.2) is 9.84 Å². The molecule has 2 rings (SSSR count). The number of rotatable bonds is 1. The lowest BCUT2D eigenvalue weighted by Gasteiger charge is -2.33. The molecule has 0 aromatic carbocycles. The Bertz CT molecular complexity index is 573. The highest BCUT2D eigenvalue weighted by Gasteiger charge is 2.32. The Morgan fingerprint density at radius 1 is 1.56 bits per heavy atom. The smallest absolute Gasteiger partial charge is 0.273 e. The van der Waals surface area contributed by atoms with Crippen LogP contribution in [0.4, 0.5) is 0 Å². The van der Waals surface area contributed by atoms with Crippen LogP contribution in [0.3, 0.4) is 0 Å². The second-order valence-electron chi connectivity index (χ2n) is 4.30. The number of carbonyl (C=O) groups excluding carboxylic acids is 1. The maximum absolute atomic E-state index is 12.3. The van der Waals surface area contributed by atoms with Gasteiger partial charge in [0.1, 0.15) is 5.69 Å². The van der Waals surface area contributed by atoms with Crippen LogP contribution in [0.15, 0.2) is 22.8 Å². The van der Waals surface area contributed by atoms with E-state index in [-0.39, 0.29) is 30.0 Å². The summed E-state index contributed by atoms with van der Waals surface area (Å²) >= 11 is 3.28. The molecule has 1 unspecified atom stereocenters. The van der Waals surface area contributed by atoms with Crippen LogP contribution in [0.5, 0.6) is 0 Å². The number of halogens is 1. The molecule has 1 aromatic heterocycles. The number of hydrogen-bond acceptors (Lipinski definition) is 4. The molecule has 0 radical (unpaired) electrons. The Labute approximate surface area is 114 Å². The van der Waals surface area contributed by atoms with Crippen LogP contribution in [0, 0.1) is 0 Å². The Hall–Kier alpha value is -0.950. The van der Waals surface area contributed by atoms with Gasteiger partial charge in [0.2, 0.25) is 0 Å². The zero-order valence-corrected chi connectivity index (χ0v) is 12.2. The minimum Gasteiger partial charge on any atom is -0.333 e. The average molecular weight is 333 g/mol. The molecule has 5 nitrogen and oxygen atoms in total. The van der Waals surface area contributed by atoms with Crippen LogP contribution in [0.1, 0.15) is 17.4 Å². The summed E-state index contributed by atoms with van der Waals surface area (Å²) in [6.45, 7) is 1.97. The summed E-state index contributed by atoms with van der Waals surface area (Å²) in [5.74, 6) is -0.193. The molecule has 1 atom stereocenters. The minimum absolute atomic E-state index is 0.0171. The summed E-state index contributed by atoms with van der Waals surface area (Å²) in [4.78, 5) is 17.9. The summed E-state index contributed by atoms with van der Waals surface area (Å²) in [5.41, 5.74) is 0.323. The fourth-order valence-corrected chi connectivity index (χ4v) is 3.96. The van der Waals surface area contributed by atoms with Crippen LogP contribution >= 0.6 is 15.9 Å². The predicted octanol–water partition coefficient (Wildman–Crippen LogP) is 1.10. The fraction of sp³-hybridized carbons (Fsp3) is 0.455. The van der Waals surface area contributed by atoms with E-state index >= 15 is 0 Å². The van der Waals surface area contributed by atoms with Crippen molar-refractivity contribution in [2.45, 2.75) is 13.0 Å². The lowest BCUT2D eigenvalue weighted by molar-refractivity contribution is 0.0705. The molecule has 0 spiro atoms. The molecule has 0 aliphatic carbocycles. The van der Waals surface area contributed by atoms with Crippen molar-refractivity contribution in [2.75, 3.05) is 18.1 Å². The third-order valence-electron chi connectivity index (χ3n) is 2.89. The second-order valence-corrected chi connectivity index (χ2v) is 7.38. The van der Waals surface area contributed by atoms with Crippen molar-refractivity contribution >= 4 is 31.7 Å². The monoisotopic (exact) mass is 332 g/mol. The number of hydrogen-bond donors (Lipinski definition) is 0. The zero-order valence-electron chi connectivity index (χ0n) is 9.84. The van der Waals surface area contributed by atoms with Gasteiger partial charge in [0.05, 0.1) is 11.5 Å². The van der Waals surface area contributed by atoms with Crippen molar-refractivity contribution in [1.82, 2.24) is 9.88 Å². The highest BCUT2D eigenvalue weighted by molar-refractivity contribution is 9.10. The van der Waals surface area contributed by atoms with Gasteiger partial charge in [-0.05, 0) is 35.0 Å². The van der Waals surface area contributed by atoms with E-state index in [1.165, 1.54) is 0 Å². The first-order chi connectivity index (χ1) is 8.41. The second kappa shape index (κ2) is 4.97. The van der Waals surface area contributed by atoms with E-state index < -0.39 is 9.84 Å². The van der Waals surface area contributed by atoms with E-state index in [0.29, 0.717) is 10.2 Å². The summed E-state index contributed by atoms with van der Waals surface area (Å²) in [6.07, 6.45) is 1.54. The van der Waals surface area contributed by atoms with E-state index in [0.717, 1.165) is 0 Å². The number of amides is 1. The molecule has 0 N–H and O–H groups in total. The molecule has 1 saturated heterocycles. The molecule has 0 saturated carbocycles. The van der Waals surface area contributed by atoms with Crippen LogP contribution in [-0.2, 0) is 9.84 Å². The quantitative estimate of drug-likeness (QED) is 0.772. The van der Waals surface area contributed by atoms with Gasteiger partial charge in [-0.25, -0.2) is 13.4 Å².